The number of rotatable bonds is 5. The highest BCUT2D eigenvalue weighted by molar-refractivity contribution is 7.10. The second-order valence-corrected chi connectivity index (χ2v) is 9.70. The first-order valence-corrected chi connectivity index (χ1v) is 10.4. The van der Waals surface area contributed by atoms with E-state index in [1.54, 1.807) is 4.88 Å². The SMILES string of the molecule is COC1(CN2CCC3(CCC(c4cccs4)(N(C)C)CC3)C2)CC1. The number of thiophene rings is 1. The molecule has 0 aromatic carbocycles. The first kappa shape index (κ1) is 17.0. The maximum Gasteiger partial charge on any atom is 0.0807 e. The quantitative estimate of drug-likeness (QED) is 0.801. The first-order chi connectivity index (χ1) is 11.5. The van der Waals surface area contributed by atoms with E-state index in [1.807, 2.05) is 18.4 Å². The van der Waals surface area contributed by atoms with Gasteiger partial charge in [-0.1, -0.05) is 6.07 Å². The fraction of sp³-hybridized carbons (Fsp3) is 0.800. The summed E-state index contributed by atoms with van der Waals surface area (Å²) in [4.78, 5) is 6.75. The topological polar surface area (TPSA) is 15.7 Å². The molecule has 1 aliphatic heterocycles. The van der Waals surface area contributed by atoms with E-state index in [4.69, 9.17) is 4.74 Å². The Bertz CT molecular complexity index is 556. The lowest BCUT2D eigenvalue weighted by Crippen LogP contribution is -2.47. The van der Waals surface area contributed by atoms with Gasteiger partial charge in [0.2, 0.25) is 0 Å². The summed E-state index contributed by atoms with van der Waals surface area (Å²) >= 11 is 1.94. The molecule has 24 heavy (non-hydrogen) atoms. The first-order valence-electron chi connectivity index (χ1n) is 9.51. The summed E-state index contributed by atoms with van der Waals surface area (Å²) in [7, 11) is 6.44. The molecule has 2 heterocycles. The van der Waals surface area contributed by atoms with E-state index in [2.05, 4.69) is 41.4 Å². The summed E-state index contributed by atoms with van der Waals surface area (Å²) < 4.78 is 5.75. The van der Waals surface area contributed by atoms with Gasteiger partial charge in [-0.25, -0.2) is 0 Å². The summed E-state index contributed by atoms with van der Waals surface area (Å²) in [5, 5.41) is 2.24. The van der Waals surface area contributed by atoms with Crippen LogP contribution >= 0.6 is 11.3 Å². The lowest BCUT2D eigenvalue weighted by Gasteiger charge is -2.48. The van der Waals surface area contributed by atoms with Gasteiger partial charge in [0.25, 0.3) is 0 Å². The molecule has 1 saturated heterocycles. The van der Waals surface area contributed by atoms with Crippen molar-refractivity contribution in [2.75, 3.05) is 40.8 Å². The number of hydrogen-bond donors (Lipinski definition) is 0. The molecule has 0 bridgehead atoms. The fourth-order valence-corrected chi connectivity index (χ4v) is 6.26. The van der Waals surface area contributed by atoms with Crippen LogP contribution in [-0.4, -0.2) is 56.2 Å². The molecule has 3 fully saturated rings. The van der Waals surface area contributed by atoms with Crippen LogP contribution in [0, 0.1) is 5.41 Å². The molecular formula is C20H32N2OS. The Hall–Kier alpha value is -0.420. The van der Waals surface area contributed by atoms with Crippen LogP contribution in [0.1, 0.15) is 49.8 Å². The van der Waals surface area contributed by atoms with Crippen LogP contribution in [0.25, 0.3) is 0 Å². The third-order valence-electron chi connectivity index (χ3n) is 7.24. The third kappa shape index (κ3) is 2.86. The minimum absolute atomic E-state index is 0.213. The number of ether oxygens (including phenoxy) is 1. The molecule has 2 saturated carbocycles. The van der Waals surface area contributed by atoms with Gasteiger partial charge in [-0.3, -0.25) is 9.80 Å². The zero-order valence-electron chi connectivity index (χ0n) is 15.5. The largest absolute Gasteiger partial charge is 0.377 e. The molecule has 3 nitrogen and oxygen atoms in total. The third-order valence-corrected chi connectivity index (χ3v) is 8.31. The lowest BCUT2D eigenvalue weighted by molar-refractivity contribution is 0.0269. The van der Waals surface area contributed by atoms with Crippen molar-refractivity contribution in [1.29, 1.82) is 0 Å². The second-order valence-electron chi connectivity index (χ2n) is 8.75. The molecular weight excluding hydrogens is 316 g/mol. The molecule has 0 N–H and O–H groups in total. The van der Waals surface area contributed by atoms with Gasteiger partial charge in [0.05, 0.1) is 11.1 Å². The van der Waals surface area contributed by atoms with Gasteiger partial charge < -0.3 is 4.74 Å². The van der Waals surface area contributed by atoms with Crippen LogP contribution in [-0.2, 0) is 10.3 Å². The number of hydrogen-bond acceptors (Lipinski definition) is 4. The molecule has 4 heteroatoms. The van der Waals surface area contributed by atoms with Gasteiger partial charge >= 0.3 is 0 Å². The van der Waals surface area contributed by atoms with Gasteiger partial charge in [0.1, 0.15) is 0 Å². The maximum absolute atomic E-state index is 5.75. The van der Waals surface area contributed by atoms with Gasteiger partial charge in [-0.15, -0.1) is 11.3 Å². The number of nitrogens with zero attached hydrogens (tertiary/aromatic N) is 2. The van der Waals surface area contributed by atoms with Crippen molar-refractivity contribution in [2.24, 2.45) is 5.41 Å². The van der Waals surface area contributed by atoms with Gasteiger partial charge in [0.15, 0.2) is 0 Å². The summed E-state index contributed by atoms with van der Waals surface area (Å²) in [5.74, 6) is 0. The molecule has 0 atom stereocenters. The smallest absolute Gasteiger partial charge is 0.0807 e. The van der Waals surface area contributed by atoms with Crippen LogP contribution in [0.15, 0.2) is 17.5 Å². The maximum atomic E-state index is 5.75. The van der Waals surface area contributed by atoms with Crippen LogP contribution < -0.4 is 0 Å². The standard InChI is InChI=1S/C20H32N2OS/c1-21(2)20(17-5-4-14-24-17)10-6-18(7-11-20)12-13-22(15-18)16-19(23-3)8-9-19/h4-5,14H,6-13,15-16H2,1-3H3. The highest BCUT2D eigenvalue weighted by Crippen LogP contribution is 2.53. The van der Waals surface area contributed by atoms with Crippen LogP contribution in [0.4, 0.5) is 0 Å². The Morgan fingerprint density at radius 1 is 1.12 bits per heavy atom. The molecule has 1 aromatic heterocycles. The molecule has 1 aromatic rings. The van der Waals surface area contributed by atoms with Crippen LogP contribution in [0.3, 0.4) is 0 Å². The van der Waals surface area contributed by atoms with E-state index < -0.39 is 0 Å². The van der Waals surface area contributed by atoms with E-state index in [0.717, 1.165) is 6.54 Å². The predicted octanol–water partition coefficient (Wildman–Crippen LogP) is 3.95. The Morgan fingerprint density at radius 3 is 2.42 bits per heavy atom. The zero-order valence-corrected chi connectivity index (χ0v) is 16.3. The van der Waals surface area contributed by atoms with Gasteiger partial charge in [0, 0.05) is 25.1 Å². The van der Waals surface area contributed by atoms with Crippen LogP contribution in [0.5, 0.6) is 0 Å². The fourth-order valence-electron chi connectivity index (χ4n) is 5.20. The van der Waals surface area contributed by atoms with Crippen molar-refractivity contribution < 1.29 is 4.74 Å². The number of likely N-dealkylation sites (tertiary alicyclic amines) is 1. The van der Waals surface area contributed by atoms with Crippen LogP contribution in [0.2, 0.25) is 0 Å². The van der Waals surface area contributed by atoms with Crippen molar-refractivity contribution in [3.8, 4) is 0 Å². The van der Waals surface area contributed by atoms with Crippen molar-refractivity contribution in [3.63, 3.8) is 0 Å². The lowest BCUT2D eigenvalue weighted by atomic mass is 9.66. The normalized spacial score (nSPS) is 35.8. The van der Waals surface area contributed by atoms with E-state index >= 15 is 0 Å². The average molecular weight is 349 g/mol. The Balaban J connectivity index is 1.42. The van der Waals surface area contributed by atoms with Crippen molar-refractivity contribution in [1.82, 2.24) is 9.80 Å². The predicted molar refractivity (Wildman–Crippen MR) is 101 cm³/mol. The van der Waals surface area contributed by atoms with Crippen molar-refractivity contribution >= 4 is 11.3 Å². The minimum Gasteiger partial charge on any atom is -0.377 e. The molecule has 3 aliphatic rings. The second kappa shape index (κ2) is 6.08. The number of methoxy groups -OCH3 is 1. The molecule has 0 amide bonds. The Labute approximate surface area is 151 Å². The molecule has 0 unspecified atom stereocenters. The molecule has 1 spiro atoms. The van der Waals surface area contributed by atoms with Gasteiger partial charge in [-0.2, -0.15) is 0 Å². The van der Waals surface area contributed by atoms with E-state index in [1.165, 1.54) is 58.0 Å². The zero-order chi connectivity index (χ0) is 16.8. The minimum atomic E-state index is 0.213. The molecule has 134 valence electrons. The van der Waals surface area contributed by atoms with E-state index in [9.17, 15) is 0 Å². The summed E-state index contributed by atoms with van der Waals surface area (Å²) in [6.07, 6.45) is 9.28. The highest BCUT2D eigenvalue weighted by Gasteiger charge is 2.50. The average Bonchev–Trinajstić information content (AvgIpc) is 2.98. The molecule has 4 rings (SSSR count). The summed E-state index contributed by atoms with van der Waals surface area (Å²) in [6, 6.07) is 4.56. The summed E-state index contributed by atoms with van der Waals surface area (Å²) in [5.41, 5.74) is 1.06. The summed E-state index contributed by atoms with van der Waals surface area (Å²) in [6.45, 7) is 3.74. The van der Waals surface area contributed by atoms with Gasteiger partial charge in [-0.05, 0) is 82.4 Å². The van der Waals surface area contributed by atoms with Crippen molar-refractivity contribution in [3.05, 3.63) is 22.4 Å². The monoisotopic (exact) mass is 348 g/mol. The molecule has 2 aliphatic carbocycles. The molecule has 0 radical (unpaired) electrons. The van der Waals surface area contributed by atoms with E-state index in [-0.39, 0.29) is 11.1 Å². The Morgan fingerprint density at radius 2 is 1.88 bits per heavy atom. The Kier molecular flexibility index (Phi) is 4.31. The highest BCUT2D eigenvalue weighted by atomic mass is 32.1. The van der Waals surface area contributed by atoms with Crippen molar-refractivity contribution in [2.45, 2.75) is 56.1 Å². The van der Waals surface area contributed by atoms with E-state index in [0.29, 0.717) is 5.41 Å².